The quantitative estimate of drug-likeness (QED) is 0.755. The number of amides is 1. The second kappa shape index (κ2) is 6.87. The fraction of sp³-hybridized carbons (Fsp3) is 0.619. The number of rotatable bonds is 3. The summed E-state index contributed by atoms with van der Waals surface area (Å²) in [6.45, 7) is 2.02. The van der Waals surface area contributed by atoms with E-state index in [-0.39, 0.29) is 28.7 Å². The Morgan fingerprint density at radius 1 is 1.21 bits per heavy atom. The van der Waals surface area contributed by atoms with Gasteiger partial charge < -0.3 is 4.90 Å². The molecule has 2 aliphatic carbocycles. The van der Waals surface area contributed by atoms with Crippen molar-refractivity contribution in [1.82, 2.24) is 4.90 Å². The Morgan fingerprint density at radius 3 is 2.79 bits per heavy atom. The van der Waals surface area contributed by atoms with Gasteiger partial charge in [-0.1, -0.05) is 48.0 Å². The van der Waals surface area contributed by atoms with E-state index >= 15 is 0 Å². The number of aliphatic imine (C=N–C) groups is 1. The van der Waals surface area contributed by atoms with Gasteiger partial charge in [0.25, 0.3) is 5.91 Å². The van der Waals surface area contributed by atoms with E-state index in [4.69, 9.17) is 0 Å². The number of carbonyl (C=O) groups excluding carboxylic acids is 1. The van der Waals surface area contributed by atoms with Gasteiger partial charge in [0, 0.05) is 11.3 Å². The van der Waals surface area contributed by atoms with Crippen LogP contribution in [0.3, 0.4) is 0 Å². The van der Waals surface area contributed by atoms with Crippen LogP contribution in [0, 0.1) is 18.8 Å². The van der Waals surface area contributed by atoms with Crippen LogP contribution in [-0.2, 0) is 21.1 Å². The highest BCUT2D eigenvalue weighted by Crippen LogP contribution is 2.51. The fourth-order valence-electron chi connectivity index (χ4n) is 5.67. The summed E-state index contributed by atoms with van der Waals surface area (Å²) in [5.41, 5.74) is 2.11. The van der Waals surface area contributed by atoms with Crippen LogP contribution in [0.15, 0.2) is 29.3 Å². The minimum atomic E-state index is -2.99. The van der Waals surface area contributed by atoms with Crippen molar-refractivity contribution in [2.24, 2.45) is 16.8 Å². The van der Waals surface area contributed by atoms with Crippen molar-refractivity contribution < 1.29 is 13.2 Å². The molecule has 5 rings (SSSR count). The molecule has 0 aromatic heterocycles. The van der Waals surface area contributed by atoms with E-state index in [9.17, 15) is 13.2 Å². The Labute approximate surface area is 170 Å². The lowest BCUT2D eigenvalue weighted by atomic mass is 9.93. The molecule has 1 aromatic rings. The number of hydrogen-bond donors (Lipinski definition) is 0. The summed E-state index contributed by atoms with van der Waals surface area (Å²) in [5.74, 6) is 1.68. The third-order valence-electron chi connectivity index (χ3n) is 6.82. The first-order chi connectivity index (χ1) is 13.4. The number of hydrogen-bond acceptors (Lipinski definition) is 4. The molecule has 150 valence electrons. The van der Waals surface area contributed by atoms with Gasteiger partial charge in [0.15, 0.2) is 15.0 Å². The molecule has 2 saturated carbocycles. The number of thioether (sulfide) groups is 1. The van der Waals surface area contributed by atoms with Crippen LogP contribution >= 0.6 is 11.8 Å². The molecule has 2 saturated heterocycles. The Hall–Kier alpha value is -1.34. The van der Waals surface area contributed by atoms with Gasteiger partial charge in [-0.3, -0.25) is 4.79 Å². The molecule has 4 aliphatic rings. The number of aryl methyl sites for hydroxylation is 1. The third kappa shape index (κ3) is 3.41. The van der Waals surface area contributed by atoms with Crippen LogP contribution in [0.25, 0.3) is 0 Å². The van der Waals surface area contributed by atoms with Gasteiger partial charge >= 0.3 is 0 Å². The van der Waals surface area contributed by atoms with Crippen molar-refractivity contribution in [2.45, 2.75) is 56.4 Å². The number of sulfone groups is 1. The van der Waals surface area contributed by atoms with Gasteiger partial charge in [-0.15, -0.1) is 0 Å². The largest absolute Gasteiger partial charge is 0.343 e. The maximum absolute atomic E-state index is 12.7. The smallest absolute Gasteiger partial charge is 0.252 e. The standard InChI is InChI=1S/C21H26N2O3S2/c1-13-3-2-4-14(7-13)10-20(24)22-21-23(17-9-15-5-6-16(17)8-15)18-11-28(25,26)12-19(18)27-21/h2-4,7,15-19H,5-6,8-12H2,1H3/t15-,16-,17-,18-,19+/m1/s1. The van der Waals surface area contributed by atoms with Gasteiger partial charge in [0.1, 0.15) is 0 Å². The molecular weight excluding hydrogens is 392 g/mol. The normalized spacial score (nSPS) is 37.0. The molecule has 5 nitrogen and oxygen atoms in total. The summed E-state index contributed by atoms with van der Waals surface area (Å²) < 4.78 is 24.4. The molecule has 7 heteroatoms. The number of fused-ring (bicyclic) bond motifs is 3. The van der Waals surface area contributed by atoms with Crippen molar-refractivity contribution in [3.8, 4) is 0 Å². The Morgan fingerprint density at radius 2 is 2.07 bits per heavy atom. The summed E-state index contributed by atoms with van der Waals surface area (Å²) in [6, 6.07) is 8.32. The van der Waals surface area contributed by atoms with E-state index in [1.54, 1.807) is 0 Å². The van der Waals surface area contributed by atoms with Gasteiger partial charge in [-0.25, -0.2) is 8.42 Å². The van der Waals surface area contributed by atoms with E-state index in [1.807, 2.05) is 31.2 Å². The molecule has 2 bridgehead atoms. The summed E-state index contributed by atoms with van der Waals surface area (Å²) in [7, 11) is -2.99. The van der Waals surface area contributed by atoms with E-state index in [2.05, 4.69) is 9.89 Å². The predicted molar refractivity (Wildman–Crippen MR) is 112 cm³/mol. The molecule has 2 aliphatic heterocycles. The molecule has 5 atom stereocenters. The van der Waals surface area contributed by atoms with Gasteiger partial charge in [-0.2, -0.15) is 4.99 Å². The van der Waals surface area contributed by atoms with Crippen LogP contribution in [-0.4, -0.2) is 53.2 Å². The molecule has 0 unspecified atom stereocenters. The van der Waals surface area contributed by atoms with Crippen LogP contribution < -0.4 is 0 Å². The van der Waals surface area contributed by atoms with E-state index < -0.39 is 9.84 Å². The molecule has 28 heavy (non-hydrogen) atoms. The molecule has 4 fully saturated rings. The zero-order valence-corrected chi connectivity index (χ0v) is 17.7. The van der Waals surface area contributed by atoms with Crippen LogP contribution in [0.1, 0.15) is 36.8 Å². The van der Waals surface area contributed by atoms with Crippen molar-refractivity contribution in [3.63, 3.8) is 0 Å². The molecule has 0 radical (unpaired) electrons. The highest BCUT2D eigenvalue weighted by atomic mass is 32.2. The fourth-order valence-corrected chi connectivity index (χ4v) is 9.66. The predicted octanol–water partition coefficient (Wildman–Crippen LogP) is 2.82. The summed E-state index contributed by atoms with van der Waals surface area (Å²) >= 11 is 1.52. The van der Waals surface area contributed by atoms with Crippen LogP contribution in [0.5, 0.6) is 0 Å². The van der Waals surface area contributed by atoms with Crippen molar-refractivity contribution in [1.29, 1.82) is 0 Å². The topological polar surface area (TPSA) is 66.8 Å². The molecule has 0 N–H and O–H groups in total. The number of carbonyl (C=O) groups is 1. The Balaban J connectivity index is 1.41. The zero-order chi connectivity index (χ0) is 19.5. The van der Waals surface area contributed by atoms with E-state index in [0.29, 0.717) is 18.4 Å². The van der Waals surface area contributed by atoms with E-state index in [0.717, 1.165) is 28.6 Å². The number of nitrogens with zero attached hydrogens (tertiary/aromatic N) is 2. The first-order valence-electron chi connectivity index (χ1n) is 10.2. The second-order valence-electron chi connectivity index (χ2n) is 8.90. The van der Waals surface area contributed by atoms with Crippen LogP contribution in [0.4, 0.5) is 0 Å². The molecule has 1 aromatic carbocycles. The molecule has 2 heterocycles. The lowest BCUT2D eigenvalue weighted by molar-refractivity contribution is -0.117. The minimum absolute atomic E-state index is 0.00938. The monoisotopic (exact) mass is 418 g/mol. The highest BCUT2D eigenvalue weighted by molar-refractivity contribution is 8.15. The summed E-state index contributed by atoms with van der Waals surface area (Å²) in [5, 5.41) is 0.801. The third-order valence-corrected chi connectivity index (χ3v) is 10.0. The maximum Gasteiger partial charge on any atom is 0.252 e. The van der Waals surface area contributed by atoms with Crippen LogP contribution in [0.2, 0.25) is 0 Å². The van der Waals surface area contributed by atoms with Crippen molar-refractivity contribution in [2.75, 3.05) is 11.5 Å². The first-order valence-corrected chi connectivity index (χ1v) is 12.9. The van der Waals surface area contributed by atoms with E-state index in [1.165, 1.54) is 31.0 Å². The lowest BCUT2D eigenvalue weighted by Crippen LogP contribution is -2.47. The summed E-state index contributed by atoms with van der Waals surface area (Å²) in [4.78, 5) is 19.5. The van der Waals surface area contributed by atoms with Crippen molar-refractivity contribution in [3.05, 3.63) is 35.4 Å². The SMILES string of the molecule is Cc1cccc(CC(=O)N=C2S[C@H]3CS(=O)(=O)C[C@H]3N2[C@@H]2C[C@@H]3CC[C@@H]2C3)c1. The second-order valence-corrected chi connectivity index (χ2v) is 12.3. The Kier molecular flexibility index (Phi) is 4.58. The Bertz CT molecular complexity index is 943. The number of amidine groups is 1. The van der Waals surface area contributed by atoms with Gasteiger partial charge in [0.05, 0.1) is 24.0 Å². The van der Waals surface area contributed by atoms with Gasteiger partial charge in [-0.05, 0) is 43.6 Å². The molecule has 0 spiro atoms. The molecule has 1 amide bonds. The highest BCUT2D eigenvalue weighted by Gasteiger charge is 2.54. The number of benzene rings is 1. The summed E-state index contributed by atoms with van der Waals surface area (Å²) in [6.07, 6.45) is 5.20. The molecular formula is C21H26N2O3S2. The van der Waals surface area contributed by atoms with Crippen molar-refractivity contribution >= 4 is 32.7 Å². The lowest BCUT2D eigenvalue weighted by Gasteiger charge is -2.36. The average molecular weight is 419 g/mol. The average Bonchev–Trinajstić information content (AvgIpc) is 3.34. The minimum Gasteiger partial charge on any atom is -0.343 e. The van der Waals surface area contributed by atoms with Gasteiger partial charge in [0.2, 0.25) is 0 Å². The first kappa shape index (κ1) is 18.7. The zero-order valence-electron chi connectivity index (χ0n) is 16.1. The maximum atomic E-state index is 12.7.